The molecule has 0 radical (unpaired) electrons. The number of fused-ring (bicyclic) bond motifs is 1. The van der Waals surface area contributed by atoms with E-state index in [1.54, 1.807) is 12.4 Å². The van der Waals surface area contributed by atoms with Gasteiger partial charge in [-0.15, -0.1) is 0 Å². The number of pyridine rings is 1. The number of benzene rings is 1. The smallest absolute Gasteiger partial charge is 0.133 e. The first-order valence-corrected chi connectivity index (χ1v) is 4.67. The van der Waals surface area contributed by atoms with Crippen molar-refractivity contribution in [2.24, 2.45) is 0 Å². The van der Waals surface area contributed by atoms with Gasteiger partial charge in [0.25, 0.3) is 0 Å². The fourth-order valence-electron chi connectivity index (χ4n) is 1.34. The van der Waals surface area contributed by atoms with Crippen molar-refractivity contribution in [2.75, 3.05) is 0 Å². The average Bonchev–Trinajstić information content (AvgIpc) is 2.07. The predicted octanol–water partition coefficient (Wildman–Crippen LogP) is 3.44. The minimum absolute atomic E-state index is 0.236. The summed E-state index contributed by atoms with van der Waals surface area (Å²) in [5.41, 5.74) is 0.984. The standard InChI is InChI=1S/C10H7BrFN/c1-6-4-13-5-9-8(6)2-7(11)3-10(9)12/h2-5H,1H3. The zero-order valence-corrected chi connectivity index (χ0v) is 8.60. The van der Waals surface area contributed by atoms with Gasteiger partial charge in [0.1, 0.15) is 5.82 Å². The van der Waals surface area contributed by atoms with Gasteiger partial charge in [-0.2, -0.15) is 0 Å². The lowest BCUT2D eigenvalue weighted by Gasteiger charge is -2.02. The molecule has 0 saturated carbocycles. The van der Waals surface area contributed by atoms with Crippen LogP contribution in [0.1, 0.15) is 5.56 Å². The maximum Gasteiger partial charge on any atom is 0.133 e. The lowest BCUT2D eigenvalue weighted by Crippen LogP contribution is -1.85. The highest BCUT2D eigenvalue weighted by molar-refractivity contribution is 9.10. The summed E-state index contributed by atoms with van der Waals surface area (Å²) in [5, 5.41) is 1.48. The van der Waals surface area contributed by atoms with Crippen molar-refractivity contribution in [2.45, 2.75) is 6.92 Å². The molecule has 0 atom stereocenters. The minimum Gasteiger partial charge on any atom is -0.264 e. The molecular formula is C10H7BrFN. The topological polar surface area (TPSA) is 12.9 Å². The third-order valence-corrected chi connectivity index (χ3v) is 2.45. The summed E-state index contributed by atoms with van der Waals surface area (Å²) in [7, 11) is 0. The van der Waals surface area contributed by atoms with Crippen LogP contribution in [0.3, 0.4) is 0 Å². The number of hydrogen-bond donors (Lipinski definition) is 0. The summed E-state index contributed by atoms with van der Waals surface area (Å²) in [6.07, 6.45) is 3.28. The fraction of sp³-hybridized carbons (Fsp3) is 0.100. The van der Waals surface area contributed by atoms with E-state index in [1.807, 2.05) is 13.0 Å². The molecule has 0 fully saturated rings. The predicted molar refractivity (Wildman–Crippen MR) is 54.1 cm³/mol. The molecule has 3 heteroatoms. The van der Waals surface area contributed by atoms with Gasteiger partial charge in [0.2, 0.25) is 0 Å². The van der Waals surface area contributed by atoms with Crippen LogP contribution in [0.2, 0.25) is 0 Å². The van der Waals surface area contributed by atoms with E-state index < -0.39 is 0 Å². The molecular weight excluding hydrogens is 233 g/mol. The summed E-state index contributed by atoms with van der Waals surface area (Å²) in [5.74, 6) is -0.236. The van der Waals surface area contributed by atoms with Gasteiger partial charge >= 0.3 is 0 Å². The van der Waals surface area contributed by atoms with E-state index >= 15 is 0 Å². The van der Waals surface area contributed by atoms with Crippen molar-refractivity contribution in [3.63, 3.8) is 0 Å². The Bertz CT molecular complexity index is 468. The number of nitrogens with zero attached hydrogens (tertiary/aromatic N) is 1. The van der Waals surface area contributed by atoms with Gasteiger partial charge < -0.3 is 0 Å². The Kier molecular flexibility index (Phi) is 2.04. The summed E-state index contributed by atoms with van der Waals surface area (Å²) in [4.78, 5) is 3.95. The highest BCUT2D eigenvalue weighted by atomic mass is 79.9. The Labute approximate surface area is 83.7 Å². The summed E-state index contributed by atoms with van der Waals surface area (Å²) in [6, 6.07) is 3.35. The molecule has 13 heavy (non-hydrogen) atoms. The van der Waals surface area contributed by atoms with Crippen LogP contribution < -0.4 is 0 Å². The van der Waals surface area contributed by atoms with E-state index in [1.165, 1.54) is 6.07 Å². The fourth-order valence-corrected chi connectivity index (χ4v) is 1.77. The molecule has 1 aromatic heterocycles. The van der Waals surface area contributed by atoms with Gasteiger partial charge in [-0.25, -0.2) is 4.39 Å². The zero-order valence-electron chi connectivity index (χ0n) is 7.01. The van der Waals surface area contributed by atoms with E-state index in [0.717, 1.165) is 15.4 Å². The molecule has 1 nitrogen and oxygen atoms in total. The minimum atomic E-state index is -0.236. The molecule has 0 aliphatic heterocycles. The molecule has 1 heterocycles. The molecule has 0 saturated heterocycles. The lowest BCUT2D eigenvalue weighted by atomic mass is 10.1. The van der Waals surface area contributed by atoms with E-state index in [4.69, 9.17) is 0 Å². The second kappa shape index (κ2) is 3.07. The number of aryl methyl sites for hydroxylation is 1. The largest absolute Gasteiger partial charge is 0.264 e. The molecule has 0 aliphatic rings. The van der Waals surface area contributed by atoms with Crippen molar-refractivity contribution in [3.05, 3.63) is 40.4 Å². The van der Waals surface area contributed by atoms with Crippen LogP contribution in [0.5, 0.6) is 0 Å². The third kappa shape index (κ3) is 1.44. The van der Waals surface area contributed by atoms with Gasteiger partial charge in [-0.3, -0.25) is 4.98 Å². The van der Waals surface area contributed by atoms with Crippen LogP contribution in [0.15, 0.2) is 29.0 Å². The number of rotatable bonds is 0. The monoisotopic (exact) mass is 239 g/mol. The molecule has 1 aromatic carbocycles. The molecule has 66 valence electrons. The highest BCUT2D eigenvalue weighted by Gasteiger charge is 2.04. The van der Waals surface area contributed by atoms with Crippen LogP contribution in [-0.2, 0) is 0 Å². The molecule has 0 spiro atoms. The maximum atomic E-state index is 13.4. The van der Waals surface area contributed by atoms with E-state index in [-0.39, 0.29) is 5.82 Å². The van der Waals surface area contributed by atoms with E-state index in [0.29, 0.717) is 5.39 Å². The second-order valence-electron chi connectivity index (χ2n) is 2.94. The van der Waals surface area contributed by atoms with Crippen molar-refractivity contribution in [1.29, 1.82) is 0 Å². The lowest BCUT2D eigenvalue weighted by molar-refractivity contribution is 0.638. The molecule has 2 aromatic rings. The van der Waals surface area contributed by atoms with Gasteiger partial charge in [-0.05, 0) is 30.0 Å². The van der Waals surface area contributed by atoms with E-state index in [9.17, 15) is 4.39 Å². The SMILES string of the molecule is Cc1cncc2c(F)cc(Br)cc12. The second-order valence-corrected chi connectivity index (χ2v) is 3.85. The molecule has 0 unspecified atom stereocenters. The third-order valence-electron chi connectivity index (χ3n) is 1.99. The van der Waals surface area contributed by atoms with Crippen LogP contribution >= 0.6 is 15.9 Å². The Hall–Kier alpha value is -0.960. The van der Waals surface area contributed by atoms with Gasteiger partial charge in [0.15, 0.2) is 0 Å². The first-order valence-electron chi connectivity index (χ1n) is 3.88. The van der Waals surface area contributed by atoms with Crippen LogP contribution in [0.4, 0.5) is 4.39 Å². The van der Waals surface area contributed by atoms with Crippen LogP contribution in [0.25, 0.3) is 10.8 Å². The zero-order chi connectivity index (χ0) is 9.42. The Morgan fingerprint density at radius 3 is 2.77 bits per heavy atom. The van der Waals surface area contributed by atoms with Crippen molar-refractivity contribution in [1.82, 2.24) is 4.98 Å². The Morgan fingerprint density at radius 1 is 1.23 bits per heavy atom. The number of hydrogen-bond acceptors (Lipinski definition) is 1. The van der Waals surface area contributed by atoms with Gasteiger partial charge in [0.05, 0.1) is 0 Å². The number of halogens is 2. The molecule has 0 bridgehead atoms. The van der Waals surface area contributed by atoms with Crippen LogP contribution in [0, 0.1) is 12.7 Å². The van der Waals surface area contributed by atoms with E-state index in [2.05, 4.69) is 20.9 Å². The van der Waals surface area contributed by atoms with Gasteiger partial charge in [-0.1, -0.05) is 15.9 Å². The van der Waals surface area contributed by atoms with Crippen molar-refractivity contribution < 1.29 is 4.39 Å². The summed E-state index contributed by atoms with van der Waals surface area (Å²) >= 11 is 3.26. The Morgan fingerprint density at radius 2 is 2.00 bits per heavy atom. The van der Waals surface area contributed by atoms with Crippen molar-refractivity contribution >= 4 is 26.7 Å². The summed E-state index contributed by atoms with van der Waals surface area (Å²) in [6.45, 7) is 1.92. The van der Waals surface area contributed by atoms with Crippen LogP contribution in [-0.4, -0.2) is 4.98 Å². The normalized spacial score (nSPS) is 10.7. The first-order chi connectivity index (χ1) is 6.18. The first kappa shape index (κ1) is 8.63. The molecule has 0 aliphatic carbocycles. The average molecular weight is 240 g/mol. The quantitative estimate of drug-likeness (QED) is 0.687. The van der Waals surface area contributed by atoms with Crippen molar-refractivity contribution in [3.8, 4) is 0 Å². The maximum absolute atomic E-state index is 13.4. The van der Waals surface area contributed by atoms with Gasteiger partial charge in [0, 0.05) is 22.3 Å². The molecule has 0 N–H and O–H groups in total. The summed E-state index contributed by atoms with van der Waals surface area (Å²) < 4.78 is 14.1. The molecule has 0 amide bonds. The Balaban J connectivity index is 2.94. The highest BCUT2D eigenvalue weighted by Crippen LogP contribution is 2.24. The number of aromatic nitrogens is 1. The molecule has 2 rings (SSSR count).